The first-order valence-electron chi connectivity index (χ1n) is 5.26. The summed E-state index contributed by atoms with van der Waals surface area (Å²) in [5.74, 6) is 0.0118. The van der Waals surface area contributed by atoms with Crippen LogP contribution in [0.4, 0.5) is 11.5 Å². The minimum absolute atomic E-state index is 0.259. The molecule has 2 aromatic rings. The number of aryl methyl sites for hydroxylation is 1. The Hall–Kier alpha value is -2.30. The van der Waals surface area contributed by atoms with Gasteiger partial charge in [-0.05, 0) is 31.0 Å². The molecule has 88 valence electrons. The molecule has 0 unspecified atom stereocenters. The molecule has 0 bridgehead atoms. The van der Waals surface area contributed by atoms with Crippen molar-refractivity contribution in [3.05, 3.63) is 41.1 Å². The second-order valence-electron chi connectivity index (χ2n) is 3.90. The van der Waals surface area contributed by atoms with Crippen molar-refractivity contribution in [2.24, 2.45) is 0 Å². The van der Waals surface area contributed by atoms with E-state index < -0.39 is 0 Å². The number of carbonyl (C=O) groups is 1. The van der Waals surface area contributed by atoms with E-state index >= 15 is 0 Å². The molecule has 4 N–H and O–H groups in total. The van der Waals surface area contributed by atoms with Gasteiger partial charge in [0, 0.05) is 5.69 Å². The molecule has 1 heterocycles. The van der Waals surface area contributed by atoms with Gasteiger partial charge in [-0.1, -0.05) is 12.1 Å². The van der Waals surface area contributed by atoms with Crippen LogP contribution in [0.3, 0.4) is 0 Å². The number of H-pyrrole nitrogens is 1. The third-order valence-corrected chi connectivity index (χ3v) is 2.77. The maximum atomic E-state index is 11.9. The Morgan fingerprint density at radius 3 is 2.82 bits per heavy atom. The van der Waals surface area contributed by atoms with E-state index in [1.807, 2.05) is 32.0 Å². The predicted molar refractivity (Wildman–Crippen MR) is 66.9 cm³/mol. The van der Waals surface area contributed by atoms with Crippen LogP contribution in [0.1, 0.15) is 21.5 Å². The van der Waals surface area contributed by atoms with Gasteiger partial charge < -0.3 is 11.1 Å². The quantitative estimate of drug-likeness (QED) is 0.736. The molecule has 17 heavy (non-hydrogen) atoms. The van der Waals surface area contributed by atoms with Gasteiger partial charge in [0.1, 0.15) is 11.4 Å². The van der Waals surface area contributed by atoms with Gasteiger partial charge in [0.25, 0.3) is 5.91 Å². The molecule has 0 fully saturated rings. The van der Waals surface area contributed by atoms with Crippen LogP contribution >= 0.6 is 0 Å². The van der Waals surface area contributed by atoms with Gasteiger partial charge in [-0.15, -0.1) is 0 Å². The van der Waals surface area contributed by atoms with Crippen LogP contribution < -0.4 is 11.1 Å². The fourth-order valence-corrected chi connectivity index (χ4v) is 1.55. The van der Waals surface area contributed by atoms with Crippen molar-refractivity contribution in [1.82, 2.24) is 10.2 Å². The van der Waals surface area contributed by atoms with E-state index in [0.717, 1.165) is 16.8 Å². The first-order valence-corrected chi connectivity index (χ1v) is 5.26. The normalized spacial score (nSPS) is 10.2. The number of carbonyl (C=O) groups excluding carboxylic acids is 1. The number of hydrogen-bond donors (Lipinski definition) is 3. The highest BCUT2D eigenvalue weighted by molar-refractivity contribution is 6.07. The first-order chi connectivity index (χ1) is 8.09. The largest absolute Gasteiger partial charge is 0.383 e. The van der Waals surface area contributed by atoms with Crippen LogP contribution in [0.5, 0.6) is 0 Å². The highest BCUT2D eigenvalue weighted by Gasteiger charge is 2.12. The average molecular weight is 230 g/mol. The van der Waals surface area contributed by atoms with Crippen LogP contribution in [0.25, 0.3) is 0 Å². The number of aromatic nitrogens is 2. The fraction of sp³-hybridized carbons (Fsp3) is 0.167. The number of hydrogen-bond acceptors (Lipinski definition) is 3. The summed E-state index contributed by atoms with van der Waals surface area (Å²) < 4.78 is 0. The third-order valence-electron chi connectivity index (χ3n) is 2.77. The Morgan fingerprint density at radius 1 is 1.41 bits per heavy atom. The number of rotatable bonds is 2. The third kappa shape index (κ3) is 2.13. The van der Waals surface area contributed by atoms with E-state index in [1.54, 1.807) is 0 Å². The topological polar surface area (TPSA) is 83.8 Å². The van der Waals surface area contributed by atoms with Gasteiger partial charge in [-0.2, -0.15) is 5.10 Å². The van der Waals surface area contributed by atoms with Gasteiger partial charge in [0.2, 0.25) is 0 Å². The monoisotopic (exact) mass is 230 g/mol. The molecule has 2 rings (SSSR count). The summed E-state index contributed by atoms with van der Waals surface area (Å²) in [4.78, 5) is 11.9. The average Bonchev–Trinajstić information content (AvgIpc) is 2.71. The number of nitrogen functional groups attached to an aromatic ring is 1. The molecule has 5 nitrogen and oxygen atoms in total. The van der Waals surface area contributed by atoms with E-state index in [9.17, 15) is 4.79 Å². The minimum atomic E-state index is -0.259. The number of anilines is 2. The minimum Gasteiger partial charge on any atom is -0.383 e. The van der Waals surface area contributed by atoms with E-state index in [0.29, 0.717) is 5.56 Å². The molecule has 0 atom stereocenters. The molecular formula is C12H14N4O. The van der Waals surface area contributed by atoms with Crippen molar-refractivity contribution >= 4 is 17.4 Å². The van der Waals surface area contributed by atoms with Crippen LogP contribution in [-0.2, 0) is 0 Å². The van der Waals surface area contributed by atoms with Crippen molar-refractivity contribution in [1.29, 1.82) is 0 Å². The zero-order valence-corrected chi connectivity index (χ0v) is 9.74. The Kier molecular flexibility index (Phi) is 2.82. The van der Waals surface area contributed by atoms with Crippen LogP contribution in [0.15, 0.2) is 24.4 Å². The lowest BCUT2D eigenvalue weighted by atomic mass is 10.1. The summed E-state index contributed by atoms with van der Waals surface area (Å²) in [6, 6.07) is 5.75. The lowest BCUT2D eigenvalue weighted by molar-refractivity contribution is 0.102. The Balaban J connectivity index is 2.25. The molecule has 0 saturated carbocycles. The Labute approximate surface area is 99.0 Å². The van der Waals surface area contributed by atoms with Gasteiger partial charge in [-0.3, -0.25) is 9.89 Å². The predicted octanol–water partition coefficient (Wildman–Crippen LogP) is 1.86. The van der Waals surface area contributed by atoms with Crippen molar-refractivity contribution in [3.63, 3.8) is 0 Å². The van der Waals surface area contributed by atoms with Crippen molar-refractivity contribution < 1.29 is 4.79 Å². The summed E-state index contributed by atoms with van der Waals surface area (Å²) in [5.41, 5.74) is 8.90. The van der Waals surface area contributed by atoms with E-state index in [2.05, 4.69) is 15.5 Å². The molecule has 0 aliphatic carbocycles. The fourth-order valence-electron chi connectivity index (χ4n) is 1.55. The highest BCUT2D eigenvalue weighted by Crippen LogP contribution is 2.19. The number of nitrogens with zero attached hydrogens (tertiary/aromatic N) is 1. The van der Waals surface area contributed by atoms with Crippen LogP contribution in [0.2, 0.25) is 0 Å². The SMILES string of the molecule is Cc1cccc(NC(=O)c2cn[nH]c2N)c1C. The number of benzene rings is 1. The van der Waals surface area contributed by atoms with E-state index in [-0.39, 0.29) is 11.7 Å². The molecule has 1 amide bonds. The molecule has 0 saturated heterocycles. The first kappa shape index (κ1) is 11.2. The van der Waals surface area contributed by atoms with Gasteiger partial charge in [0.05, 0.1) is 6.20 Å². The molecule has 0 aliphatic rings. The summed E-state index contributed by atoms with van der Waals surface area (Å²) in [6.45, 7) is 3.96. The van der Waals surface area contributed by atoms with Crippen molar-refractivity contribution in [2.75, 3.05) is 11.1 Å². The number of aromatic amines is 1. The van der Waals surface area contributed by atoms with Crippen LogP contribution in [-0.4, -0.2) is 16.1 Å². The second-order valence-corrected chi connectivity index (χ2v) is 3.90. The van der Waals surface area contributed by atoms with Gasteiger partial charge in [0.15, 0.2) is 0 Å². The Morgan fingerprint density at radius 2 is 2.18 bits per heavy atom. The maximum absolute atomic E-state index is 11.9. The zero-order valence-electron chi connectivity index (χ0n) is 9.74. The van der Waals surface area contributed by atoms with Crippen molar-refractivity contribution in [2.45, 2.75) is 13.8 Å². The maximum Gasteiger partial charge on any atom is 0.261 e. The summed E-state index contributed by atoms with van der Waals surface area (Å²) >= 11 is 0. The lowest BCUT2D eigenvalue weighted by Gasteiger charge is -2.09. The summed E-state index contributed by atoms with van der Waals surface area (Å²) in [6.07, 6.45) is 1.41. The highest BCUT2D eigenvalue weighted by atomic mass is 16.1. The zero-order chi connectivity index (χ0) is 12.4. The summed E-state index contributed by atoms with van der Waals surface area (Å²) in [7, 11) is 0. The number of amides is 1. The van der Waals surface area contributed by atoms with Gasteiger partial charge >= 0.3 is 0 Å². The smallest absolute Gasteiger partial charge is 0.261 e. The van der Waals surface area contributed by atoms with Gasteiger partial charge in [-0.25, -0.2) is 0 Å². The molecule has 1 aromatic heterocycles. The molecular weight excluding hydrogens is 216 g/mol. The molecule has 0 spiro atoms. The number of nitrogens with two attached hydrogens (primary N) is 1. The molecule has 1 aromatic carbocycles. The van der Waals surface area contributed by atoms with Crippen molar-refractivity contribution in [3.8, 4) is 0 Å². The second kappa shape index (κ2) is 4.29. The Bertz CT molecular complexity index is 559. The van der Waals surface area contributed by atoms with E-state index in [4.69, 9.17) is 5.73 Å². The lowest BCUT2D eigenvalue weighted by Crippen LogP contribution is -2.14. The number of nitrogens with one attached hydrogen (secondary N) is 2. The molecule has 0 aliphatic heterocycles. The molecule has 0 radical (unpaired) electrons. The standard InChI is InChI=1S/C12H14N4O/c1-7-4-3-5-10(8(7)2)15-12(17)9-6-14-16-11(9)13/h3-6H,1-2H3,(H,15,17)(H3,13,14,16). The van der Waals surface area contributed by atoms with E-state index in [1.165, 1.54) is 6.20 Å². The van der Waals surface area contributed by atoms with Crippen LogP contribution in [0, 0.1) is 13.8 Å². The molecule has 5 heteroatoms. The summed E-state index contributed by atoms with van der Waals surface area (Å²) in [5, 5.41) is 9.06.